The number of carbonyl (C=O) groups is 3. The number of hydrogen-bond acceptors (Lipinski definition) is 10. The molecule has 50 heavy (non-hydrogen) atoms. The molecule has 6 N–H and O–H groups in total. The predicted molar refractivity (Wildman–Crippen MR) is 172 cm³/mol. The molecule has 2 saturated carbocycles. The minimum absolute atomic E-state index is 0. The summed E-state index contributed by atoms with van der Waals surface area (Å²) in [7, 11) is 0. The van der Waals surface area contributed by atoms with Gasteiger partial charge >= 0.3 is 5.97 Å². The second-order valence-corrected chi connectivity index (χ2v) is 14.8. The van der Waals surface area contributed by atoms with Gasteiger partial charge < -0.3 is 40.3 Å². The number of aliphatic hydroxyl groups is 5. The summed E-state index contributed by atoms with van der Waals surface area (Å²) in [6.07, 6.45) is -7.06. The molecule has 1 aliphatic heterocycles. The van der Waals surface area contributed by atoms with Crippen LogP contribution in [0.2, 0.25) is 0 Å². The maximum absolute atomic E-state index is 14.3. The Labute approximate surface area is 363 Å². The Bertz CT molecular complexity index is 1640. The average Bonchev–Trinajstić information content (AvgIpc) is 3.06. The van der Waals surface area contributed by atoms with Crippen molar-refractivity contribution in [2.24, 2.45) is 22.7 Å². The number of fused-ring (bicyclic) bond motifs is 5. The van der Waals surface area contributed by atoms with Crippen molar-refractivity contribution in [2.75, 3.05) is 6.61 Å². The summed E-state index contributed by atoms with van der Waals surface area (Å²) in [5.41, 5.74) is -4.94. The van der Waals surface area contributed by atoms with Crippen LogP contribution in [-0.4, -0.2) is 91.5 Å². The normalized spacial score (nSPS) is 36.7. The molecule has 3 aliphatic carbocycles. The van der Waals surface area contributed by atoms with E-state index in [4.69, 9.17) is 9.47 Å². The van der Waals surface area contributed by atoms with Gasteiger partial charge in [-0.05, 0) is 48.6 Å². The fourth-order valence-electron chi connectivity index (χ4n) is 9.28. The van der Waals surface area contributed by atoms with E-state index in [1.165, 1.54) is 6.92 Å². The molecule has 0 spiro atoms. The van der Waals surface area contributed by atoms with Crippen molar-refractivity contribution in [3.63, 3.8) is 0 Å². The van der Waals surface area contributed by atoms with Crippen LogP contribution in [0.3, 0.4) is 0 Å². The van der Waals surface area contributed by atoms with Gasteiger partial charge in [-0.2, -0.15) is 0 Å². The van der Waals surface area contributed by atoms with Gasteiger partial charge in [-0.1, -0.05) is 69.3 Å². The van der Waals surface area contributed by atoms with Crippen molar-refractivity contribution in [1.29, 1.82) is 0 Å². The van der Waals surface area contributed by atoms with Crippen LogP contribution < -0.4 is 5.32 Å². The largest absolute Gasteiger partial charge is 0.456 e. The minimum atomic E-state index is -1.87. The molecule has 13 heteroatoms. The van der Waals surface area contributed by atoms with Crippen LogP contribution in [0, 0.1) is 111 Å². The molecule has 1 heterocycles. The van der Waals surface area contributed by atoms with Gasteiger partial charge in [0.15, 0.2) is 11.9 Å². The first kappa shape index (κ1) is 42.2. The van der Waals surface area contributed by atoms with E-state index in [0.29, 0.717) is 16.7 Å². The molecule has 0 aromatic heterocycles. The summed E-state index contributed by atoms with van der Waals surface area (Å²) in [6, 6.07) is 15.6. The molecule has 1 saturated heterocycles. The summed E-state index contributed by atoms with van der Waals surface area (Å²) < 4.78 is 11.5. The Morgan fingerprint density at radius 3 is 2.12 bits per heavy atom. The van der Waals surface area contributed by atoms with Gasteiger partial charge in [-0.15, -0.1) is 0 Å². The number of ketones is 1. The third-order valence-corrected chi connectivity index (χ3v) is 12.2. The van der Waals surface area contributed by atoms with Crippen LogP contribution in [0.5, 0.6) is 0 Å². The number of Topliss-reactive ketones (excluding diaryl/α,β-unsaturated/α-hetero) is 1. The fraction of sp³-hybridized carbons (Fsp3) is 0.541. The SMILES string of the molecule is CC1=C2C(O)C(=O)[C@]3(C)C(O)CC4OCC4(O)C3[C@H](C)C(O)(CC1OC(=O)C(O)C(NC(=O)c1ccccc1)c1ccccc1)C2(C)C.[Ac].[Ac]. The predicted octanol–water partition coefficient (Wildman–Crippen LogP) is 2.00. The smallest absolute Gasteiger partial charge is 0.338 e. The van der Waals surface area contributed by atoms with Crippen LogP contribution in [0.4, 0.5) is 0 Å². The quantitative estimate of drug-likeness (QED) is 0.185. The van der Waals surface area contributed by atoms with Gasteiger partial charge in [0, 0.05) is 118 Å². The molecule has 6 rings (SSSR count). The number of nitrogens with one attached hydrogen (secondary N) is 1. The standard InChI is InChI=1S/C37H45NO10.2Ac/c1-19-23(48-33(44)29(41)27(21-12-8-6-9-13-21)38-32(43)22-14-10-7-11-15-22)17-37(46)20(2)30-35(5,24(39)16-25-36(30,45)18-47-25)31(42)28(40)26(19)34(37,3)4;;/h6-15,20,23-25,27-30,39-41,45-46H,16-18H2,1-5H3,(H,38,43);;/t20-,23?,24?,25?,27?,28?,29?,30?,35+,36?,37?;;/m0../s1. The van der Waals surface area contributed by atoms with Crippen LogP contribution in [0.1, 0.15) is 69.4 Å². The number of hydrogen-bond donors (Lipinski definition) is 6. The maximum Gasteiger partial charge on any atom is 0.338 e. The summed E-state index contributed by atoms with van der Waals surface area (Å²) in [4.78, 5) is 41.2. The average molecular weight is 1120 g/mol. The first-order chi connectivity index (χ1) is 22.5. The third-order valence-electron chi connectivity index (χ3n) is 12.2. The number of ether oxygens (including phenoxy) is 2. The second kappa shape index (κ2) is 15.3. The molecule has 1 amide bonds. The van der Waals surface area contributed by atoms with E-state index in [0.717, 1.165) is 0 Å². The molecular weight excluding hydrogens is 1070 g/mol. The maximum atomic E-state index is 14.3. The molecular formula is C37H45Ac2NO10. The molecule has 264 valence electrons. The zero-order chi connectivity index (χ0) is 35.0. The van der Waals surface area contributed by atoms with Gasteiger partial charge in [0.2, 0.25) is 0 Å². The third kappa shape index (κ3) is 6.50. The number of carbonyl (C=O) groups excluding carboxylic acids is 3. The van der Waals surface area contributed by atoms with E-state index in [1.807, 2.05) is 0 Å². The van der Waals surface area contributed by atoms with Crippen LogP contribution >= 0.6 is 0 Å². The number of esters is 1. The summed E-state index contributed by atoms with van der Waals surface area (Å²) in [6.45, 7) is 8.16. The summed E-state index contributed by atoms with van der Waals surface area (Å²) >= 11 is 0. The number of amides is 1. The van der Waals surface area contributed by atoms with E-state index in [2.05, 4.69) is 5.32 Å². The van der Waals surface area contributed by atoms with Crippen LogP contribution in [-0.2, 0) is 19.1 Å². The Morgan fingerprint density at radius 1 is 0.980 bits per heavy atom. The molecule has 11 atom stereocenters. The summed E-state index contributed by atoms with van der Waals surface area (Å²) in [5.74, 6) is -4.18. The Kier molecular flexibility index (Phi) is 12.9. The number of aliphatic hydroxyl groups excluding tert-OH is 3. The number of rotatable bonds is 6. The first-order valence-electron chi connectivity index (χ1n) is 16.5. The zero-order valence-electron chi connectivity index (χ0n) is 28.9. The topological polar surface area (TPSA) is 183 Å². The van der Waals surface area contributed by atoms with Crippen molar-refractivity contribution >= 4 is 17.7 Å². The van der Waals surface area contributed by atoms with Crippen LogP contribution in [0.15, 0.2) is 71.8 Å². The van der Waals surface area contributed by atoms with Crippen molar-refractivity contribution in [3.8, 4) is 0 Å². The molecule has 2 bridgehead atoms. The summed E-state index contributed by atoms with van der Waals surface area (Å²) in [5, 5.41) is 62.0. The van der Waals surface area contributed by atoms with E-state index in [1.54, 1.807) is 88.4 Å². The second-order valence-electron chi connectivity index (χ2n) is 14.8. The molecule has 4 aliphatic rings. The van der Waals surface area contributed by atoms with Gasteiger partial charge in [-0.3, -0.25) is 9.59 Å². The van der Waals surface area contributed by atoms with Crippen molar-refractivity contribution in [1.82, 2.24) is 5.32 Å². The van der Waals surface area contributed by atoms with E-state index in [9.17, 15) is 39.9 Å². The zero-order valence-corrected chi connectivity index (χ0v) is 38.4. The fourth-order valence-corrected chi connectivity index (χ4v) is 9.28. The Hall–Kier alpha value is -0.567. The first-order valence-corrected chi connectivity index (χ1v) is 16.5. The molecule has 2 radical (unpaired) electrons. The van der Waals surface area contributed by atoms with E-state index >= 15 is 0 Å². The van der Waals surface area contributed by atoms with Crippen molar-refractivity contribution in [2.45, 2.75) is 95.2 Å². The molecule has 2 aromatic carbocycles. The molecule has 11 nitrogen and oxygen atoms in total. The van der Waals surface area contributed by atoms with Gasteiger partial charge in [0.1, 0.15) is 17.8 Å². The molecule has 3 fully saturated rings. The molecule has 9 unspecified atom stereocenters. The minimum Gasteiger partial charge on any atom is -0.456 e. The van der Waals surface area contributed by atoms with Gasteiger partial charge in [0.25, 0.3) is 5.91 Å². The monoisotopic (exact) mass is 1120 g/mol. The molecule has 2 aromatic rings. The number of benzene rings is 2. The van der Waals surface area contributed by atoms with Crippen LogP contribution in [0.25, 0.3) is 0 Å². The van der Waals surface area contributed by atoms with Crippen molar-refractivity contribution < 1.29 is 138 Å². The Morgan fingerprint density at radius 2 is 1.56 bits per heavy atom. The van der Waals surface area contributed by atoms with Gasteiger partial charge in [0.05, 0.1) is 35.9 Å². The van der Waals surface area contributed by atoms with E-state index in [-0.39, 0.29) is 113 Å². The van der Waals surface area contributed by atoms with Gasteiger partial charge in [-0.25, -0.2) is 4.79 Å². The Balaban J connectivity index is 0.00000281. The van der Waals surface area contributed by atoms with Crippen molar-refractivity contribution in [3.05, 3.63) is 82.9 Å². The van der Waals surface area contributed by atoms with E-state index < -0.39 is 88.1 Å².